The fourth-order valence-electron chi connectivity index (χ4n) is 1.57. The molecule has 1 heterocycles. The largest absolute Gasteiger partial charge is 0.345 e. The Balaban J connectivity index is 2.06. The van der Waals surface area contributed by atoms with Gasteiger partial charge in [-0.05, 0) is 24.6 Å². The lowest BCUT2D eigenvalue weighted by molar-refractivity contribution is 0.0949. The number of aromatic nitrogens is 3. The SMILES string of the molecule is Cc1c(Br)cccc1C(=O)NCc1ncn(C)n1. The van der Waals surface area contributed by atoms with Crippen molar-refractivity contribution >= 4 is 21.8 Å². The molecule has 2 aromatic rings. The Kier molecular flexibility index (Phi) is 3.76. The standard InChI is InChI=1S/C12H13BrN4O/c1-8-9(4-3-5-10(8)13)12(18)14-6-11-15-7-17(2)16-11/h3-5,7H,6H2,1-2H3,(H,14,18). The minimum atomic E-state index is -0.124. The number of hydrogen-bond acceptors (Lipinski definition) is 3. The maximum absolute atomic E-state index is 12.0. The van der Waals surface area contributed by atoms with Crippen molar-refractivity contribution in [1.82, 2.24) is 20.1 Å². The molecule has 0 fully saturated rings. The van der Waals surface area contributed by atoms with Gasteiger partial charge in [0.1, 0.15) is 6.33 Å². The van der Waals surface area contributed by atoms with Crippen molar-refractivity contribution in [2.24, 2.45) is 7.05 Å². The zero-order valence-corrected chi connectivity index (χ0v) is 11.7. The summed E-state index contributed by atoms with van der Waals surface area (Å²) in [7, 11) is 1.79. The average Bonchev–Trinajstić information content (AvgIpc) is 2.76. The second-order valence-electron chi connectivity index (χ2n) is 3.93. The van der Waals surface area contributed by atoms with Crippen molar-refractivity contribution in [3.8, 4) is 0 Å². The van der Waals surface area contributed by atoms with Crippen LogP contribution in [-0.2, 0) is 13.6 Å². The van der Waals surface area contributed by atoms with Crippen molar-refractivity contribution in [3.63, 3.8) is 0 Å². The van der Waals surface area contributed by atoms with Gasteiger partial charge in [0, 0.05) is 17.1 Å². The number of carbonyl (C=O) groups is 1. The second kappa shape index (κ2) is 5.30. The summed E-state index contributed by atoms with van der Waals surface area (Å²) in [6.07, 6.45) is 1.60. The molecule has 1 aromatic carbocycles. The van der Waals surface area contributed by atoms with Gasteiger partial charge in [-0.3, -0.25) is 9.48 Å². The zero-order valence-electron chi connectivity index (χ0n) is 10.1. The van der Waals surface area contributed by atoms with E-state index in [9.17, 15) is 4.79 Å². The van der Waals surface area contributed by atoms with Crippen LogP contribution in [0.4, 0.5) is 0 Å². The summed E-state index contributed by atoms with van der Waals surface area (Å²) >= 11 is 3.41. The number of nitrogens with one attached hydrogen (secondary N) is 1. The predicted molar refractivity (Wildman–Crippen MR) is 71.1 cm³/mol. The second-order valence-corrected chi connectivity index (χ2v) is 4.78. The Morgan fingerprint density at radius 1 is 1.50 bits per heavy atom. The third kappa shape index (κ3) is 2.76. The Morgan fingerprint density at radius 3 is 2.94 bits per heavy atom. The molecular weight excluding hydrogens is 296 g/mol. The molecule has 6 heteroatoms. The molecule has 0 saturated carbocycles. The van der Waals surface area contributed by atoms with Crippen LogP contribution in [0.3, 0.4) is 0 Å². The van der Waals surface area contributed by atoms with Gasteiger partial charge in [0.05, 0.1) is 6.54 Å². The molecule has 1 amide bonds. The van der Waals surface area contributed by atoms with E-state index in [0.717, 1.165) is 10.0 Å². The molecular formula is C12H13BrN4O. The van der Waals surface area contributed by atoms with E-state index in [1.807, 2.05) is 19.1 Å². The van der Waals surface area contributed by atoms with Crippen LogP contribution in [0.15, 0.2) is 29.0 Å². The average molecular weight is 309 g/mol. The molecule has 0 spiro atoms. The highest BCUT2D eigenvalue weighted by molar-refractivity contribution is 9.10. The summed E-state index contributed by atoms with van der Waals surface area (Å²) < 4.78 is 2.53. The van der Waals surface area contributed by atoms with E-state index in [4.69, 9.17) is 0 Å². The Labute approximate surface area is 113 Å². The number of hydrogen-bond donors (Lipinski definition) is 1. The molecule has 1 aromatic heterocycles. The molecule has 94 valence electrons. The number of aryl methyl sites for hydroxylation is 1. The van der Waals surface area contributed by atoms with E-state index in [2.05, 4.69) is 31.3 Å². The number of nitrogens with zero attached hydrogens (tertiary/aromatic N) is 3. The normalized spacial score (nSPS) is 10.4. The lowest BCUT2D eigenvalue weighted by Crippen LogP contribution is -2.24. The lowest BCUT2D eigenvalue weighted by Gasteiger charge is -2.07. The molecule has 0 unspecified atom stereocenters. The first-order valence-electron chi connectivity index (χ1n) is 5.46. The van der Waals surface area contributed by atoms with E-state index in [0.29, 0.717) is 17.9 Å². The van der Waals surface area contributed by atoms with Crippen LogP contribution in [0.2, 0.25) is 0 Å². The maximum Gasteiger partial charge on any atom is 0.251 e. The summed E-state index contributed by atoms with van der Waals surface area (Å²) in [5.74, 6) is 0.472. The van der Waals surface area contributed by atoms with Crippen LogP contribution in [0.5, 0.6) is 0 Å². The van der Waals surface area contributed by atoms with E-state index in [-0.39, 0.29) is 5.91 Å². The predicted octanol–water partition coefficient (Wildman–Crippen LogP) is 1.82. The van der Waals surface area contributed by atoms with Crippen molar-refractivity contribution in [3.05, 3.63) is 46.0 Å². The van der Waals surface area contributed by atoms with Crippen LogP contribution in [0.1, 0.15) is 21.7 Å². The van der Waals surface area contributed by atoms with E-state index < -0.39 is 0 Å². The summed E-state index contributed by atoms with van der Waals surface area (Å²) in [5, 5.41) is 6.90. The highest BCUT2D eigenvalue weighted by Gasteiger charge is 2.11. The molecule has 0 bridgehead atoms. The van der Waals surface area contributed by atoms with Gasteiger partial charge < -0.3 is 5.32 Å². The van der Waals surface area contributed by atoms with Gasteiger partial charge in [-0.25, -0.2) is 4.98 Å². The molecule has 0 radical (unpaired) electrons. The van der Waals surface area contributed by atoms with E-state index in [1.165, 1.54) is 0 Å². The third-order valence-corrected chi connectivity index (χ3v) is 3.43. The van der Waals surface area contributed by atoms with Gasteiger partial charge in [0.15, 0.2) is 5.82 Å². The molecule has 0 saturated heterocycles. The van der Waals surface area contributed by atoms with Crippen molar-refractivity contribution in [1.29, 1.82) is 0 Å². The van der Waals surface area contributed by atoms with Gasteiger partial charge in [-0.2, -0.15) is 5.10 Å². The fourth-order valence-corrected chi connectivity index (χ4v) is 1.94. The number of carbonyl (C=O) groups excluding carboxylic acids is 1. The fraction of sp³-hybridized carbons (Fsp3) is 0.250. The number of benzene rings is 1. The van der Waals surface area contributed by atoms with Crippen LogP contribution in [-0.4, -0.2) is 20.7 Å². The van der Waals surface area contributed by atoms with Crippen molar-refractivity contribution in [2.45, 2.75) is 13.5 Å². The molecule has 5 nitrogen and oxygen atoms in total. The number of rotatable bonds is 3. The van der Waals surface area contributed by atoms with E-state index >= 15 is 0 Å². The molecule has 0 aliphatic rings. The Morgan fingerprint density at radius 2 is 2.28 bits per heavy atom. The first-order valence-corrected chi connectivity index (χ1v) is 6.25. The summed E-state index contributed by atoms with van der Waals surface area (Å²) in [5.41, 5.74) is 1.57. The molecule has 2 rings (SSSR count). The van der Waals surface area contributed by atoms with Crippen molar-refractivity contribution in [2.75, 3.05) is 0 Å². The highest BCUT2D eigenvalue weighted by Crippen LogP contribution is 2.19. The molecule has 0 aliphatic heterocycles. The summed E-state index contributed by atoms with van der Waals surface area (Å²) in [6, 6.07) is 5.54. The van der Waals surface area contributed by atoms with Crippen LogP contribution < -0.4 is 5.32 Å². The Bertz CT molecular complexity index is 579. The Hall–Kier alpha value is -1.69. The van der Waals surface area contributed by atoms with Crippen LogP contribution in [0.25, 0.3) is 0 Å². The van der Waals surface area contributed by atoms with Gasteiger partial charge in [-0.1, -0.05) is 22.0 Å². The highest BCUT2D eigenvalue weighted by atomic mass is 79.9. The van der Waals surface area contributed by atoms with Gasteiger partial charge in [0.2, 0.25) is 0 Å². The molecule has 18 heavy (non-hydrogen) atoms. The minimum absolute atomic E-state index is 0.124. The topological polar surface area (TPSA) is 59.8 Å². The van der Waals surface area contributed by atoms with Crippen LogP contribution in [0, 0.1) is 6.92 Å². The smallest absolute Gasteiger partial charge is 0.251 e. The maximum atomic E-state index is 12.0. The van der Waals surface area contributed by atoms with Crippen LogP contribution >= 0.6 is 15.9 Å². The monoisotopic (exact) mass is 308 g/mol. The van der Waals surface area contributed by atoms with Gasteiger partial charge in [-0.15, -0.1) is 0 Å². The number of halogens is 1. The molecule has 1 N–H and O–H groups in total. The minimum Gasteiger partial charge on any atom is -0.345 e. The third-order valence-electron chi connectivity index (χ3n) is 2.57. The van der Waals surface area contributed by atoms with E-state index in [1.54, 1.807) is 24.1 Å². The van der Waals surface area contributed by atoms with Gasteiger partial charge in [0.25, 0.3) is 5.91 Å². The first kappa shape index (κ1) is 12.8. The molecule has 0 atom stereocenters. The lowest BCUT2D eigenvalue weighted by atomic mass is 10.1. The van der Waals surface area contributed by atoms with Gasteiger partial charge >= 0.3 is 0 Å². The first-order chi connectivity index (χ1) is 8.58. The molecule has 0 aliphatic carbocycles. The zero-order chi connectivity index (χ0) is 13.1. The van der Waals surface area contributed by atoms with Crippen molar-refractivity contribution < 1.29 is 4.79 Å². The summed E-state index contributed by atoms with van der Waals surface area (Å²) in [6.45, 7) is 2.23. The number of amides is 1. The summed E-state index contributed by atoms with van der Waals surface area (Å²) in [4.78, 5) is 16.1. The quantitative estimate of drug-likeness (QED) is 0.941.